The van der Waals surface area contributed by atoms with E-state index in [2.05, 4.69) is 19.2 Å². The van der Waals surface area contributed by atoms with Gasteiger partial charge in [0.15, 0.2) is 11.6 Å². The third-order valence-corrected chi connectivity index (χ3v) is 2.51. The van der Waals surface area contributed by atoms with Gasteiger partial charge < -0.3 is 10.1 Å². The second kappa shape index (κ2) is 6.48. The summed E-state index contributed by atoms with van der Waals surface area (Å²) >= 11 is 0. The summed E-state index contributed by atoms with van der Waals surface area (Å²) in [6.07, 6.45) is 0.973. The quantitative estimate of drug-likeness (QED) is 0.803. The molecule has 1 N–H and O–H groups in total. The maximum Gasteiger partial charge on any atom is 0.165 e. The number of halogens is 1. The van der Waals surface area contributed by atoms with Gasteiger partial charge in [0.2, 0.25) is 0 Å². The molecule has 1 rings (SSSR count). The molecule has 0 heterocycles. The minimum Gasteiger partial charge on any atom is -0.489 e. The van der Waals surface area contributed by atoms with E-state index >= 15 is 0 Å². The Morgan fingerprint density at radius 2 is 2.12 bits per heavy atom. The maximum absolute atomic E-state index is 13.4. The van der Waals surface area contributed by atoms with Gasteiger partial charge in [-0.2, -0.15) is 0 Å². The molecule has 1 atom stereocenters. The zero-order valence-corrected chi connectivity index (χ0v) is 10.2. The van der Waals surface area contributed by atoms with Crippen LogP contribution >= 0.6 is 0 Å². The average molecular weight is 225 g/mol. The molecular weight excluding hydrogens is 205 g/mol. The predicted octanol–water partition coefficient (Wildman–Crippen LogP) is 2.90. The Kier molecular flexibility index (Phi) is 5.26. The number of rotatable bonds is 6. The molecule has 0 saturated heterocycles. The molecule has 0 aliphatic rings. The predicted molar refractivity (Wildman–Crippen MR) is 64.4 cm³/mol. The minimum atomic E-state index is -0.294. The molecule has 1 aromatic carbocycles. The number of likely N-dealkylation sites (N-methyl/N-ethyl adjacent to an activating group) is 1. The molecule has 0 aliphatic heterocycles. The minimum absolute atomic E-state index is 0.282. The van der Waals surface area contributed by atoms with Crippen LogP contribution in [0.4, 0.5) is 4.39 Å². The number of nitrogens with one attached hydrogen (secondary N) is 1. The topological polar surface area (TPSA) is 21.3 Å². The van der Waals surface area contributed by atoms with Crippen LogP contribution in [0.3, 0.4) is 0 Å². The van der Waals surface area contributed by atoms with Crippen LogP contribution in [-0.2, 0) is 0 Å². The number of hydrogen-bond acceptors (Lipinski definition) is 2. The summed E-state index contributed by atoms with van der Waals surface area (Å²) in [5.74, 6) is 0.0494. The maximum atomic E-state index is 13.4. The molecule has 1 aromatic rings. The highest BCUT2D eigenvalue weighted by Crippen LogP contribution is 2.18. The van der Waals surface area contributed by atoms with Gasteiger partial charge in [0.25, 0.3) is 0 Å². The molecule has 3 heteroatoms. The van der Waals surface area contributed by atoms with Crippen molar-refractivity contribution >= 4 is 0 Å². The van der Waals surface area contributed by atoms with Crippen LogP contribution in [0.15, 0.2) is 18.2 Å². The molecule has 0 saturated carbocycles. The van der Waals surface area contributed by atoms with Crippen molar-refractivity contribution in [3.8, 4) is 5.75 Å². The van der Waals surface area contributed by atoms with Crippen LogP contribution in [0.5, 0.6) is 5.75 Å². The van der Waals surface area contributed by atoms with Gasteiger partial charge in [-0.1, -0.05) is 19.9 Å². The monoisotopic (exact) mass is 225 g/mol. The van der Waals surface area contributed by atoms with Gasteiger partial charge in [-0.05, 0) is 37.6 Å². The first kappa shape index (κ1) is 13.0. The van der Waals surface area contributed by atoms with Crippen LogP contribution in [0, 0.1) is 12.7 Å². The van der Waals surface area contributed by atoms with Gasteiger partial charge in [0, 0.05) is 6.04 Å². The van der Waals surface area contributed by atoms with E-state index in [1.54, 1.807) is 12.1 Å². The van der Waals surface area contributed by atoms with Crippen molar-refractivity contribution in [1.29, 1.82) is 0 Å². The molecule has 0 fully saturated rings. The van der Waals surface area contributed by atoms with Crippen molar-refractivity contribution in [3.05, 3.63) is 29.6 Å². The summed E-state index contributed by atoms with van der Waals surface area (Å²) in [4.78, 5) is 0. The Balaban J connectivity index is 2.55. The highest BCUT2D eigenvalue weighted by molar-refractivity contribution is 5.29. The number of benzene rings is 1. The lowest BCUT2D eigenvalue weighted by atomic mass is 10.2. The highest BCUT2D eigenvalue weighted by Gasteiger charge is 2.08. The number of hydrogen-bond donors (Lipinski definition) is 1. The third kappa shape index (κ3) is 3.81. The molecule has 0 radical (unpaired) electrons. The Morgan fingerprint density at radius 1 is 1.38 bits per heavy atom. The second-order valence-corrected chi connectivity index (χ2v) is 3.91. The lowest BCUT2D eigenvalue weighted by Crippen LogP contribution is -2.33. The van der Waals surface area contributed by atoms with Crippen LogP contribution in [0.25, 0.3) is 0 Å². The van der Waals surface area contributed by atoms with Crippen LogP contribution < -0.4 is 10.1 Å². The van der Waals surface area contributed by atoms with Gasteiger partial charge in [-0.15, -0.1) is 0 Å². The smallest absolute Gasteiger partial charge is 0.165 e. The number of ether oxygens (including phenoxy) is 1. The zero-order chi connectivity index (χ0) is 12.0. The average Bonchev–Trinajstić information content (AvgIpc) is 2.28. The van der Waals surface area contributed by atoms with Crippen LogP contribution in [0.2, 0.25) is 0 Å². The molecule has 0 bridgehead atoms. The van der Waals surface area contributed by atoms with Crippen molar-refractivity contribution < 1.29 is 9.13 Å². The first-order valence-corrected chi connectivity index (χ1v) is 5.79. The Labute approximate surface area is 96.8 Å². The van der Waals surface area contributed by atoms with Crippen molar-refractivity contribution in [1.82, 2.24) is 5.32 Å². The fraction of sp³-hybridized carbons (Fsp3) is 0.538. The highest BCUT2D eigenvalue weighted by atomic mass is 19.1. The van der Waals surface area contributed by atoms with Gasteiger partial charge in [0.05, 0.1) is 0 Å². The van der Waals surface area contributed by atoms with E-state index in [1.807, 2.05) is 6.92 Å². The van der Waals surface area contributed by atoms with E-state index in [1.165, 1.54) is 6.07 Å². The summed E-state index contributed by atoms with van der Waals surface area (Å²) in [7, 11) is 0. The van der Waals surface area contributed by atoms with Crippen LogP contribution in [-0.4, -0.2) is 19.2 Å². The van der Waals surface area contributed by atoms with Crippen molar-refractivity contribution in [3.63, 3.8) is 0 Å². The van der Waals surface area contributed by atoms with E-state index in [0.29, 0.717) is 12.4 Å². The standard InChI is InChI=1S/C13H20FNO/c1-4-11(15-5-2)9-16-13-8-10(3)6-7-12(13)14/h6-8,11,15H,4-5,9H2,1-3H3. The molecular formula is C13H20FNO. The van der Waals surface area contributed by atoms with Crippen molar-refractivity contribution in [2.75, 3.05) is 13.2 Å². The first-order chi connectivity index (χ1) is 7.67. The van der Waals surface area contributed by atoms with E-state index in [9.17, 15) is 4.39 Å². The fourth-order valence-corrected chi connectivity index (χ4v) is 1.52. The molecule has 1 unspecified atom stereocenters. The summed E-state index contributed by atoms with van der Waals surface area (Å²) in [6, 6.07) is 5.20. The zero-order valence-electron chi connectivity index (χ0n) is 10.2. The van der Waals surface area contributed by atoms with Crippen molar-refractivity contribution in [2.45, 2.75) is 33.2 Å². The summed E-state index contributed by atoms with van der Waals surface area (Å²) < 4.78 is 18.9. The van der Waals surface area contributed by atoms with Crippen molar-refractivity contribution in [2.24, 2.45) is 0 Å². The van der Waals surface area contributed by atoms with E-state index in [0.717, 1.165) is 18.5 Å². The van der Waals surface area contributed by atoms with Gasteiger partial charge >= 0.3 is 0 Å². The SMILES string of the molecule is CCNC(CC)COc1cc(C)ccc1F. The number of aryl methyl sites for hydroxylation is 1. The van der Waals surface area contributed by atoms with Gasteiger partial charge in [0.1, 0.15) is 6.61 Å². The Morgan fingerprint density at radius 3 is 2.75 bits per heavy atom. The Bertz CT molecular complexity index is 328. The largest absolute Gasteiger partial charge is 0.489 e. The van der Waals surface area contributed by atoms with Crippen LogP contribution in [0.1, 0.15) is 25.8 Å². The normalized spacial score (nSPS) is 12.5. The fourth-order valence-electron chi connectivity index (χ4n) is 1.52. The summed E-state index contributed by atoms with van der Waals surface area (Å²) in [5, 5.41) is 3.29. The van der Waals surface area contributed by atoms with Gasteiger partial charge in [-0.3, -0.25) is 0 Å². The third-order valence-electron chi connectivity index (χ3n) is 2.51. The molecule has 90 valence electrons. The Hall–Kier alpha value is -1.09. The molecule has 16 heavy (non-hydrogen) atoms. The lowest BCUT2D eigenvalue weighted by molar-refractivity contribution is 0.252. The van der Waals surface area contributed by atoms with E-state index in [4.69, 9.17) is 4.74 Å². The summed E-state index contributed by atoms with van der Waals surface area (Å²) in [5.41, 5.74) is 1.01. The van der Waals surface area contributed by atoms with Gasteiger partial charge in [-0.25, -0.2) is 4.39 Å². The van der Waals surface area contributed by atoms with E-state index < -0.39 is 0 Å². The molecule has 2 nitrogen and oxygen atoms in total. The molecule has 0 amide bonds. The summed E-state index contributed by atoms with van der Waals surface area (Å²) in [6.45, 7) is 7.47. The van der Waals surface area contributed by atoms with E-state index in [-0.39, 0.29) is 11.9 Å². The first-order valence-electron chi connectivity index (χ1n) is 5.79. The molecule has 0 aliphatic carbocycles. The molecule has 0 spiro atoms. The molecule has 0 aromatic heterocycles. The lowest BCUT2D eigenvalue weighted by Gasteiger charge is -2.17. The second-order valence-electron chi connectivity index (χ2n) is 3.91.